The molecule has 1 heterocycles. The second-order valence-electron chi connectivity index (χ2n) is 9.13. The largest absolute Gasteiger partial charge is 0.384 e. The van der Waals surface area contributed by atoms with Crippen molar-refractivity contribution in [1.29, 1.82) is 5.41 Å². The van der Waals surface area contributed by atoms with Crippen molar-refractivity contribution in [2.24, 2.45) is 11.5 Å². The van der Waals surface area contributed by atoms with E-state index in [1.807, 2.05) is 47.0 Å². The first-order chi connectivity index (χ1) is 16.3. The number of sulfonamides is 1. The Morgan fingerprint density at radius 2 is 1.71 bits per heavy atom. The van der Waals surface area contributed by atoms with Crippen LogP contribution >= 0.6 is 0 Å². The molecule has 8 heteroatoms. The molecular weight excluding hydrogens is 446 g/mol. The molecule has 0 bridgehead atoms. The fourth-order valence-electron chi connectivity index (χ4n) is 4.90. The molecule has 7 nitrogen and oxygen atoms in total. The van der Waals surface area contributed by atoms with E-state index in [4.69, 9.17) is 16.9 Å². The highest BCUT2D eigenvalue weighted by molar-refractivity contribution is 7.89. The third kappa shape index (κ3) is 4.32. The van der Waals surface area contributed by atoms with Crippen molar-refractivity contribution in [3.05, 3.63) is 77.9 Å². The van der Waals surface area contributed by atoms with Crippen LogP contribution in [0.1, 0.15) is 36.8 Å². The molecule has 5 rings (SSSR count). The van der Waals surface area contributed by atoms with Crippen LogP contribution in [0.15, 0.2) is 71.8 Å². The van der Waals surface area contributed by atoms with Crippen molar-refractivity contribution in [3.8, 4) is 0 Å². The van der Waals surface area contributed by atoms with Gasteiger partial charge in [0.1, 0.15) is 5.84 Å². The standard InChI is InChI=1S/C26H29N5O2S/c27-21-10-12-22(13-11-21)30-34(32,33)25-15-18-8-9-19(26(28)29)14-24(18)31(25)16-20-6-3-5-17-4-1-2-7-23(17)20/h1-9,14-15,21-22,30H,10-13,16,27H2,(H3,28,29)/t21-,22-. The van der Waals surface area contributed by atoms with Crippen LogP contribution in [0.3, 0.4) is 0 Å². The minimum atomic E-state index is -3.79. The monoisotopic (exact) mass is 475 g/mol. The Morgan fingerprint density at radius 1 is 0.971 bits per heavy atom. The molecule has 1 aliphatic carbocycles. The second-order valence-corrected chi connectivity index (χ2v) is 10.8. The molecule has 34 heavy (non-hydrogen) atoms. The number of aromatic nitrogens is 1. The number of amidine groups is 1. The Hall–Kier alpha value is -3.20. The van der Waals surface area contributed by atoms with Gasteiger partial charge in [-0.15, -0.1) is 0 Å². The molecule has 0 unspecified atom stereocenters. The molecule has 4 aromatic rings. The number of benzene rings is 3. The van der Waals surface area contributed by atoms with Crippen molar-refractivity contribution in [3.63, 3.8) is 0 Å². The number of hydrogen-bond donors (Lipinski definition) is 4. The molecular formula is C26H29N5O2S. The summed E-state index contributed by atoms with van der Waals surface area (Å²) in [5.74, 6) is -0.0547. The summed E-state index contributed by atoms with van der Waals surface area (Å²) in [6.45, 7) is 0.373. The summed E-state index contributed by atoms with van der Waals surface area (Å²) in [7, 11) is -3.79. The minimum absolute atomic E-state index is 0.0547. The lowest BCUT2D eigenvalue weighted by molar-refractivity contribution is 0.373. The average molecular weight is 476 g/mol. The van der Waals surface area contributed by atoms with Gasteiger partial charge in [0, 0.05) is 29.6 Å². The van der Waals surface area contributed by atoms with Crippen molar-refractivity contribution in [2.75, 3.05) is 0 Å². The van der Waals surface area contributed by atoms with Crippen LogP contribution in [0, 0.1) is 5.41 Å². The van der Waals surface area contributed by atoms with Gasteiger partial charge in [0.15, 0.2) is 5.03 Å². The molecule has 0 atom stereocenters. The topological polar surface area (TPSA) is 127 Å². The molecule has 6 N–H and O–H groups in total. The number of nitrogens with zero attached hydrogens (tertiary/aromatic N) is 1. The zero-order valence-electron chi connectivity index (χ0n) is 18.9. The predicted octanol–water partition coefficient (Wildman–Crippen LogP) is 3.68. The number of rotatable bonds is 6. The normalized spacial score (nSPS) is 19.0. The lowest BCUT2D eigenvalue weighted by atomic mass is 9.93. The highest BCUT2D eigenvalue weighted by Crippen LogP contribution is 2.29. The van der Waals surface area contributed by atoms with Gasteiger partial charge >= 0.3 is 0 Å². The molecule has 0 aliphatic heterocycles. The van der Waals surface area contributed by atoms with Crippen LogP contribution in [0.5, 0.6) is 0 Å². The molecule has 1 aromatic heterocycles. The first kappa shape index (κ1) is 22.6. The van der Waals surface area contributed by atoms with Gasteiger partial charge in [0.2, 0.25) is 0 Å². The highest BCUT2D eigenvalue weighted by Gasteiger charge is 2.28. The number of nitrogen functional groups attached to an aromatic ring is 1. The summed E-state index contributed by atoms with van der Waals surface area (Å²) in [6, 6.07) is 21.2. The summed E-state index contributed by atoms with van der Waals surface area (Å²) >= 11 is 0. The Bertz CT molecular complexity index is 1480. The van der Waals surface area contributed by atoms with Gasteiger partial charge in [-0.2, -0.15) is 0 Å². The molecule has 0 radical (unpaired) electrons. The lowest BCUT2D eigenvalue weighted by Gasteiger charge is -2.26. The van der Waals surface area contributed by atoms with Gasteiger partial charge in [-0.25, -0.2) is 13.1 Å². The van der Waals surface area contributed by atoms with E-state index in [-0.39, 0.29) is 22.9 Å². The molecule has 176 valence electrons. The van der Waals surface area contributed by atoms with E-state index < -0.39 is 10.0 Å². The number of fused-ring (bicyclic) bond motifs is 2. The third-order valence-electron chi connectivity index (χ3n) is 6.75. The van der Waals surface area contributed by atoms with Crippen molar-refractivity contribution in [1.82, 2.24) is 9.29 Å². The summed E-state index contributed by atoms with van der Waals surface area (Å²) in [4.78, 5) is 0. The Balaban J connectivity index is 1.62. The van der Waals surface area contributed by atoms with Crippen LogP contribution in [-0.2, 0) is 16.6 Å². The molecule has 0 spiro atoms. The van der Waals surface area contributed by atoms with Gasteiger partial charge in [0.05, 0.1) is 5.52 Å². The zero-order chi connectivity index (χ0) is 23.9. The van der Waals surface area contributed by atoms with Crippen molar-refractivity contribution >= 4 is 37.5 Å². The summed E-state index contributed by atoms with van der Waals surface area (Å²) < 4.78 is 32.0. The molecule has 1 fully saturated rings. The van der Waals surface area contributed by atoms with Gasteiger partial charge in [0.25, 0.3) is 10.0 Å². The van der Waals surface area contributed by atoms with Crippen LogP contribution < -0.4 is 16.2 Å². The van der Waals surface area contributed by atoms with Crippen molar-refractivity contribution < 1.29 is 8.42 Å². The van der Waals surface area contributed by atoms with Gasteiger partial charge < -0.3 is 16.0 Å². The molecule has 3 aromatic carbocycles. The van der Waals surface area contributed by atoms with Gasteiger partial charge in [-0.05, 0) is 54.2 Å². The quantitative estimate of drug-likeness (QED) is 0.251. The maximum absolute atomic E-state index is 13.6. The summed E-state index contributed by atoms with van der Waals surface area (Å²) in [6.07, 6.45) is 3.10. The van der Waals surface area contributed by atoms with Gasteiger partial charge in [-0.3, -0.25) is 5.41 Å². The fraction of sp³-hybridized carbons (Fsp3) is 0.269. The minimum Gasteiger partial charge on any atom is -0.384 e. The SMILES string of the molecule is N=C(N)c1ccc2cc(S(=O)(=O)N[C@H]3CC[C@H](N)CC3)n(Cc3cccc4ccccc34)c2c1. The predicted molar refractivity (Wildman–Crippen MR) is 137 cm³/mol. The van der Waals surface area contributed by atoms with Crippen LogP contribution in [-0.4, -0.2) is 30.9 Å². The van der Waals surface area contributed by atoms with Crippen molar-refractivity contribution in [2.45, 2.75) is 49.3 Å². The second kappa shape index (κ2) is 8.87. The number of hydrogen-bond acceptors (Lipinski definition) is 4. The number of nitrogens with one attached hydrogen (secondary N) is 2. The fourth-order valence-corrected chi connectivity index (χ4v) is 6.43. The smallest absolute Gasteiger partial charge is 0.256 e. The lowest BCUT2D eigenvalue weighted by Crippen LogP contribution is -2.41. The first-order valence-electron chi connectivity index (χ1n) is 11.5. The highest BCUT2D eigenvalue weighted by atomic mass is 32.2. The average Bonchev–Trinajstić information content (AvgIpc) is 3.19. The maximum Gasteiger partial charge on any atom is 0.256 e. The van der Waals surface area contributed by atoms with E-state index in [0.717, 1.165) is 52.9 Å². The molecule has 1 saturated carbocycles. The summed E-state index contributed by atoms with van der Waals surface area (Å²) in [5.41, 5.74) is 14.1. The van der Waals surface area contributed by atoms with E-state index in [9.17, 15) is 8.42 Å². The Labute approximate surface area is 199 Å². The summed E-state index contributed by atoms with van der Waals surface area (Å²) in [5, 5.41) is 11.0. The molecule has 1 aliphatic rings. The number of nitrogens with two attached hydrogens (primary N) is 2. The van der Waals surface area contributed by atoms with E-state index in [0.29, 0.717) is 12.1 Å². The van der Waals surface area contributed by atoms with Crippen LogP contribution in [0.25, 0.3) is 21.7 Å². The van der Waals surface area contributed by atoms with E-state index in [2.05, 4.69) is 10.8 Å². The zero-order valence-corrected chi connectivity index (χ0v) is 19.7. The molecule has 0 amide bonds. The van der Waals surface area contributed by atoms with Crippen LogP contribution in [0.2, 0.25) is 0 Å². The van der Waals surface area contributed by atoms with E-state index >= 15 is 0 Å². The Morgan fingerprint density at radius 3 is 2.47 bits per heavy atom. The first-order valence-corrected chi connectivity index (χ1v) is 13.0. The maximum atomic E-state index is 13.6. The molecule has 0 saturated heterocycles. The third-order valence-corrected chi connectivity index (χ3v) is 8.29. The van der Waals surface area contributed by atoms with E-state index in [1.165, 1.54) is 0 Å². The Kier molecular flexibility index (Phi) is 5.89. The van der Waals surface area contributed by atoms with Crippen LogP contribution in [0.4, 0.5) is 0 Å². The van der Waals surface area contributed by atoms with E-state index in [1.54, 1.807) is 18.2 Å². The van der Waals surface area contributed by atoms with Gasteiger partial charge in [-0.1, -0.05) is 54.6 Å².